The van der Waals surface area contributed by atoms with Crippen molar-refractivity contribution < 1.29 is 8.78 Å². The van der Waals surface area contributed by atoms with E-state index in [4.69, 9.17) is 5.26 Å². The molecule has 2 nitrogen and oxygen atoms in total. The van der Waals surface area contributed by atoms with Crippen LogP contribution in [0.25, 0.3) is 0 Å². The Morgan fingerprint density at radius 2 is 2.27 bits per heavy atom. The molecule has 2 rings (SSSR count). The molecule has 0 radical (unpaired) electrons. The Hall–Kier alpha value is -1.37. The number of halogens is 2. The summed E-state index contributed by atoms with van der Waals surface area (Å²) in [4.78, 5) is 0. The molecule has 0 aromatic rings. The van der Waals surface area contributed by atoms with Crippen LogP contribution in [0.1, 0.15) is 19.8 Å². The minimum absolute atomic E-state index is 0.0993. The average Bonchev–Trinajstić information content (AvgIpc) is 2.17. The number of alkyl halides is 1. The summed E-state index contributed by atoms with van der Waals surface area (Å²) in [6.07, 6.45) is 3.66. The van der Waals surface area contributed by atoms with Gasteiger partial charge in [-0.25, -0.2) is 8.78 Å². The van der Waals surface area contributed by atoms with Gasteiger partial charge in [-0.1, -0.05) is 0 Å². The summed E-state index contributed by atoms with van der Waals surface area (Å²) in [5, 5.41) is 12.0. The minimum atomic E-state index is -1.08. The molecule has 1 heterocycles. The maximum atomic E-state index is 13.7. The lowest BCUT2D eigenvalue weighted by Gasteiger charge is -2.51. The van der Waals surface area contributed by atoms with E-state index in [-0.39, 0.29) is 12.8 Å². The third-order valence-electron chi connectivity index (χ3n) is 3.50. The fourth-order valence-electron chi connectivity index (χ4n) is 2.26. The zero-order valence-electron chi connectivity index (χ0n) is 8.43. The molecular weight excluding hydrogens is 198 g/mol. The molecule has 1 unspecified atom stereocenters. The van der Waals surface area contributed by atoms with Gasteiger partial charge in [0.1, 0.15) is 17.5 Å². The fraction of sp³-hybridized carbons (Fsp3) is 0.545. The zero-order valence-corrected chi connectivity index (χ0v) is 8.43. The lowest BCUT2D eigenvalue weighted by Crippen LogP contribution is -2.61. The number of nitriles is 1. The van der Waals surface area contributed by atoms with E-state index >= 15 is 0 Å². The first-order chi connectivity index (χ1) is 7.04. The van der Waals surface area contributed by atoms with Gasteiger partial charge in [-0.3, -0.25) is 0 Å². The topological polar surface area (TPSA) is 35.8 Å². The van der Waals surface area contributed by atoms with Crippen LogP contribution in [0.4, 0.5) is 8.78 Å². The normalized spacial score (nSPS) is 43.6. The van der Waals surface area contributed by atoms with E-state index in [9.17, 15) is 8.78 Å². The van der Waals surface area contributed by atoms with E-state index < -0.39 is 23.0 Å². The summed E-state index contributed by atoms with van der Waals surface area (Å²) in [7, 11) is 0. The van der Waals surface area contributed by atoms with Crippen LogP contribution >= 0.6 is 0 Å². The van der Waals surface area contributed by atoms with Gasteiger partial charge in [-0.05, 0) is 25.3 Å². The molecule has 4 heteroatoms. The van der Waals surface area contributed by atoms with Crippen LogP contribution in [0, 0.1) is 16.7 Å². The zero-order chi connectivity index (χ0) is 11.1. The first-order valence-electron chi connectivity index (χ1n) is 4.90. The van der Waals surface area contributed by atoms with Crippen LogP contribution in [0.15, 0.2) is 24.2 Å². The summed E-state index contributed by atoms with van der Waals surface area (Å²) in [6.45, 7) is 1.61. The predicted molar refractivity (Wildman–Crippen MR) is 52.0 cm³/mol. The van der Waals surface area contributed by atoms with Crippen LogP contribution in [-0.2, 0) is 0 Å². The van der Waals surface area contributed by atoms with E-state index in [1.807, 2.05) is 0 Å². The first kappa shape index (κ1) is 10.2. The van der Waals surface area contributed by atoms with Crippen molar-refractivity contribution >= 4 is 0 Å². The third kappa shape index (κ3) is 1.19. The Morgan fingerprint density at radius 1 is 1.60 bits per heavy atom. The van der Waals surface area contributed by atoms with E-state index in [0.717, 1.165) is 0 Å². The van der Waals surface area contributed by atoms with Gasteiger partial charge in [-0.15, -0.1) is 0 Å². The second-order valence-corrected chi connectivity index (χ2v) is 4.34. The Bertz CT molecular complexity index is 375. The third-order valence-corrected chi connectivity index (χ3v) is 3.50. The Kier molecular flexibility index (Phi) is 2.07. The second kappa shape index (κ2) is 3.06. The molecule has 0 amide bonds. The SMILES string of the molecule is CC1(C2(C#N)CC(F)C2)NC=CC=C1F. The summed E-state index contributed by atoms with van der Waals surface area (Å²) < 4.78 is 26.6. The van der Waals surface area contributed by atoms with Crippen molar-refractivity contribution in [2.24, 2.45) is 5.41 Å². The molecule has 1 aliphatic carbocycles. The molecule has 15 heavy (non-hydrogen) atoms. The summed E-state index contributed by atoms with van der Waals surface area (Å²) in [5.74, 6) is -0.404. The van der Waals surface area contributed by atoms with E-state index in [2.05, 4.69) is 11.4 Å². The molecular formula is C11H12F2N2. The monoisotopic (exact) mass is 210 g/mol. The summed E-state index contributed by atoms with van der Waals surface area (Å²) >= 11 is 0. The average molecular weight is 210 g/mol. The molecule has 1 N–H and O–H groups in total. The Labute approximate surface area is 87.3 Å². The second-order valence-electron chi connectivity index (χ2n) is 4.34. The molecule has 0 aromatic carbocycles. The molecule has 0 aromatic heterocycles. The summed E-state index contributed by atoms with van der Waals surface area (Å²) in [6, 6.07) is 2.07. The highest BCUT2D eigenvalue weighted by Gasteiger charge is 2.59. The van der Waals surface area contributed by atoms with Crippen molar-refractivity contribution in [1.82, 2.24) is 5.32 Å². The standard InChI is InChI=1S/C11H12F2N2/c1-10(9(13)3-2-4-15-10)11(7-14)5-8(12)6-11/h2-4,8,15H,5-6H2,1H3. The van der Waals surface area contributed by atoms with Crippen molar-refractivity contribution in [3.63, 3.8) is 0 Å². The highest BCUT2D eigenvalue weighted by atomic mass is 19.1. The van der Waals surface area contributed by atoms with E-state index in [1.54, 1.807) is 13.1 Å². The van der Waals surface area contributed by atoms with Crippen LogP contribution in [-0.4, -0.2) is 11.7 Å². The van der Waals surface area contributed by atoms with E-state index in [1.165, 1.54) is 12.2 Å². The molecule has 80 valence electrons. The van der Waals surface area contributed by atoms with Crippen molar-refractivity contribution in [2.45, 2.75) is 31.5 Å². The molecule has 0 spiro atoms. The van der Waals surface area contributed by atoms with Crippen LogP contribution in [0.5, 0.6) is 0 Å². The highest BCUT2D eigenvalue weighted by molar-refractivity contribution is 5.34. The van der Waals surface area contributed by atoms with Gasteiger partial charge in [0.15, 0.2) is 0 Å². The molecule has 1 atom stereocenters. The molecule has 0 bridgehead atoms. The molecule has 2 aliphatic rings. The van der Waals surface area contributed by atoms with Crippen LogP contribution in [0.2, 0.25) is 0 Å². The lowest BCUT2D eigenvalue weighted by molar-refractivity contribution is 0.00661. The van der Waals surface area contributed by atoms with Gasteiger partial charge in [0, 0.05) is 12.8 Å². The number of rotatable bonds is 1. The van der Waals surface area contributed by atoms with E-state index in [0.29, 0.717) is 0 Å². The Balaban J connectivity index is 2.34. The van der Waals surface area contributed by atoms with Crippen molar-refractivity contribution in [1.29, 1.82) is 5.26 Å². The summed E-state index contributed by atoms with van der Waals surface area (Å²) in [5.41, 5.74) is -2.04. The van der Waals surface area contributed by atoms with Gasteiger partial charge >= 0.3 is 0 Å². The van der Waals surface area contributed by atoms with Gasteiger partial charge in [0.05, 0.1) is 11.5 Å². The molecule has 1 aliphatic heterocycles. The van der Waals surface area contributed by atoms with Gasteiger partial charge in [-0.2, -0.15) is 5.26 Å². The number of nitrogens with zero attached hydrogens (tertiary/aromatic N) is 1. The number of nitrogens with one attached hydrogen (secondary N) is 1. The minimum Gasteiger partial charge on any atom is -0.378 e. The highest BCUT2D eigenvalue weighted by Crippen LogP contribution is 2.53. The number of allylic oxidation sites excluding steroid dienone is 2. The number of dihydropyridines is 1. The van der Waals surface area contributed by atoms with Crippen molar-refractivity contribution in [2.75, 3.05) is 0 Å². The maximum absolute atomic E-state index is 13.7. The van der Waals surface area contributed by atoms with Crippen LogP contribution < -0.4 is 5.32 Å². The molecule has 0 saturated heterocycles. The lowest BCUT2D eigenvalue weighted by atomic mass is 9.57. The van der Waals surface area contributed by atoms with Crippen LogP contribution in [0.3, 0.4) is 0 Å². The maximum Gasteiger partial charge on any atom is 0.127 e. The van der Waals surface area contributed by atoms with Crippen molar-refractivity contribution in [3.05, 3.63) is 24.2 Å². The number of hydrogen-bond donors (Lipinski definition) is 1. The van der Waals surface area contributed by atoms with Gasteiger partial charge < -0.3 is 5.32 Å². The molecule has 1 fully saturated rings. The Morgan fingerprint density at radius 3 is 2.73 bits per heavy atom. The largest absolute Gasteiger partial charge is 0.378 e. The number of hydrogen-bond acceptors (Lipinski definition) is 2. The van der Waals surface area contributed by atoms with Crippen molar-refractivity contribution in [3.8, 4) is 6.07 Å². The predicted octanol–water partition coefficient (Wildman–Crippen LogP) is 2.36. The van der Waals surface area contributed by atoms with Gasteiger partial charge in [0.25, 0.3) is 0 Å². The quantitative estimate of drug-likeness (QED) is 0.721. The molecule has 1 saturated carbocycles. The first-order valence-corrected chi connectivity index (χ1v) is 4.90. The fourth-order valence-corrected chi connectivity index (χ4v) is 2.26. The smallest absolute Gasteiger partial charge is 0.127 e. The van der Waals surface area contributed by atoms with Gasteiger partial charge in [0.2, 0.25) is 0 Å².